The Bertz CT molecular complexity index is 1170. The smallest absolute Gasteiger partial charge is 0.310 e. The molecule has 27 heavy (non-hydrogen) atoms. The zero-order chi connectivity index (χ0) is 19.1. The molecule has 0 N–H and O–H groups in total. The summed E-state index contributed by atoms with van der Waals surface area (Å²) in [4.78, 5) is 22.0. The minimum absolute atomic E-state index is 0.0844. The lowest BCUT2D eigenvalue weighted by atomic mass is 10.1. The Balaban J connectivity index is 1.76. The van der Waals surface area contributed by atoms with Crippen molar-refractivity contribution in [2.75, 3.05) is 0 Å². The number of para-hydroxylation sites is 2. The molecule has 0 saturated carbocycles. The third-order valence-electron chi connectivity index (χ3n) is 4.43. The maximum absolute atomic E-state index is 11.2. The Morgan fingerprint density at radius 2 is 2.15 bits per heavy atom. The summed E-state index contributed by atoms with van der Waals surface area (Å²) in [6.07, 6.45) is 1.98. The van der Waals surface area contributed by atoms with E-state index in [4.69, 9.17) is 4.74 Å². The number of thiophene rings is 1. The lowest BCUT2D eigenvalue weighted by molar-refractivity contribution is -0.386. The van der Waals surface area contributed by atoms with Crippen LogP contribution in [0.5, 0.6) is 5.75 Å². The van der Waals surface area contributed by atoms with Gasteiger partial charge in [-0.3, -0.25) is 10.1 Å². The molecule has 0 aliphatic heterocycles. The minimum atomic E-state index is -0.550. The van der Waals surface area contributed by atoms with E-state index in [1.54, 1.807) is 47.3 Å². The fourth-order valence-corrected chi connectivity index (χ4v) is 4.21. The highest BCUT2D eigenvalue weighted by Crippen LogP contribution is 2.33. The molecule has 9 heteroatoms. The first-order chi connectivity index (χ1) is 13.0. The van der Waals surface area contributed by atoms with Crippen LogP contribution in [-0.4, -0.2) is 24.5 Å². The normalized spacial score (nSPS) is 12.6. The second kappa shape index (κ2) is 6.58. The summed E-state index contributed by atoms with van der Waals surface area (Å²) in [6, 6.07) is 6.28. The van der Waals surface area contributed by atoms with Crippen LogP contribution in [0.4, 0.5) is 5.69 Å². The molecule has 0 amide bonds. The van der Waals surface area contributed by atoms with E-state index in [2.05, 4.69) is 28.9 Å². The molecule has 0 aliphatic carbocycles. The van der Waals surface area contributed by atoms with Crippen molar-refractivity contribution in [1.82, 2.24) is 19.6 Å². The van der Waals surface area contributed by atoms with Crippen LogP contribution in [0.2, 0.25) is 0 Å². The first-order valence-electron chi connectivity index (χ1n) is 8.53. The minimum Gasteiger partial charge on any atom is -0.476 e. The van der Waals surface area contributed by atoms with Crippen molar-refractivity contribution < 1.29 is 9.66 Å². The Kier molecular flexibility index (Phi) is 4.23. The fourth-order valence-electron chi connectivity index (χ4n) is 3.13. The van der Waals surface area contributed by atoms with Gasteiger partial charge >= 0.3 is 5.69 Å². The third-order valence-corrected chi connectivity index (χ3v) is 5.48. The summed E-state index contributed by atoms with van der Waals surface area (Å²) in [7, 11) is 0. The van der Waals surface area contributed by atoms with Gasteiger partial charge in [0.15, 0.2) is 23.3 Å². The molecule has 0 bridgehead atoms. The van der Waals surface area contributed by atoms with Crippen LogP contribution in [0, 0.1) is 17.0 Å². The molecule has 1 aromatic carbocycles. The maximum atomic E-state index is 11.2. The van der Waals surface area contributed by atoms with E-state index in [-0.39, 0.29) is 11.4 Å². The Labute approximate surface area is 158 Å². The molecule has 0 spiro atoms. The molecule has 138 valence electrons. The molecule has 8 nitrogen and oxygen atoms in total. The molecule has 0 aliphatic rings. The summed E-state index contributed by atoms with van der Waals surface area (Å²) in [5.74, 6) is 0.645. The maximum Gasteiger partial charge on any atom is 0.310 e. The predicted octanol–water partition coefficient (Wildman–Crippen LogP) is 4.26. The highest BCUT2D eigenvalue weighted by molar-refractivity contribution is 7.18. The zero-order valence-corrected chi connectivity index (χ0v) is 15.9. The fraction of sp³-hybridized carbons (Fsp3) is 0.278. The van der Waals surface area contributed by atoms with Gasteiger partial charge in [-0.1, -0.05) is 19.1 Å². The average Bonchev–Trinajstić information content (AvgIpc) is 3.21. The first kappa shape index (κ1) is 17.3. The Morgan fingerprint density at radius 1 is 1.37 bits per heavy atom. The van der Waals surface area contributed by atoms with Crippen LogP contribution in [-0.2, 0) is 6.42 Å². The number of ether oxygens (including phenoxy) is 1. The van der Waals surface area contributed by atoms with Crippen molar-refractivity contribution >= 4 is 32.9 Å². The van der Waals surface area contributed by atoms with Crippen LogP contribution >= 0.6 is 11.3 Å². The van der Waals surface area contributed by atoms with Gasteiger partial charge in [0.1, 0.15) is 11.2 Å². The van der Waals surface area contributed by atoms with Crippen LogP contribution in [0.1, 0.15) is 36.2 Å². The van der Waals surface area contributed by atoms with E-state index < -0.39 is 11.0 Å². The van der Waals surface area contributed by atoms with Gasteiger partial charge in [-0.15, -0.1) is 16.4 Å². The van der Waals surface area contributed by atoms with Gasteiger partial charge in [0.05, 0.1) is 10.3 Å². The van der Waals surface area contributed by atoms with E-state index in [9.17, 15) is 10.1 Å². The molecule has 4 aromatic rings. The highest BCUT2D eigenvalue weighted by atomic mass is 32.1. The number of nitro benzene ring substituents is 1. The predicted molar refractivity (Wildman–Crippen MR) is 102 cm³/mol. The first-order valence-corrected chi connectivity index (χ1v) is 9.34. The molecule has 0 saturated heterocycles. The Hall–Kier alpha value is -3.07. The molecule has 4 rings (SSSR count). The van der Waals surface area contributed by atoms with E-state index in [1.807, 2.05) is 0 Å². The number of benzene rings is 1. The van der Waals surface area contributed by atoms with Crippen LogP contribution < -0.4 is 4.74 Å². The van der Waals surface area contributed by atoms with Crippen molar-refractivity contribution in [2.24, 2.45) is 0 Å². The van der Waals surface area contributed by atoms with Gasteiger partial charge in [-0.2, -0.15) is 0 Å². The quantitative estimate of drug-likeness (QED) is 0.377. The summed E-state index contributed by atoms with van der Waals surface area (Å²) >= 11 is 1.65. The zero-order valence-electron chi connectivity index (χ0n) is 15.0. The van der Waals surface area contributed by atoms with Gasteiger partial charge in [-0.25, -0.2) is 14.5 Å². The van der Waals surface area contributed by atoms with E-state index in [1.165, 1.54) is 16.5 Å². The van der Waals surface area contributed by atoms with Crippen molar-refractivity contribution in [2.45, 2.75) is 33.3 Å². The van der Waals surface area contributed by atoms with E-state index in [0.717, 1.165) is 22.3 Å². The molecule has 1 atom stereocenters. The number of aryl methyl sites for hydroxylation is 2. The molecule has 0 unspecified atom stereocenters. The summed E-state index contributed by atoms with van der Waals surface area (Å²) < 4.78 is 7.44. The number of aromatic nitrogens is 4. The monoisotopic (exact) mass is 383 g/mol. The summed E-state index contributed by atoms with van der Waals surface area (Å²) in [6.45, 7) is 5.96. The second-order valence-electron chi connectivity index (χ2n) is 6.14. The van der Waals surface area contributed by atoms with Crippen molar-refractivity contribution in [1.29, 1.82) is 0 Å². The molecular formula is C18H17N5O3S. The number of fused-ring (bicyclic) bond motifs is 3. The topological polar surface area (TPSA) is 95.5 Å². The van der Waals surface area contributed by atoms with Crippen molar-refractivity contribution in [3.05, 3.63) is 57.0 Å². The van der Waals surface area contributed by atoms with Gasteiger partial charge in [0.25, 0.3) is 0 Å². The standard InChI is InChI=1S/C18H17N5O3S/c1-4-12-11(3)27-18-15(12)17-20-16(21-22(17)9-19-18)10(2)26-14-8-6-5-7-13(14)23(24)25/h5-10H,4H2,1-3H3/t10-/m0/s1. The molecule has 3 heterocycles. The lowest BCUT2D eigenvalue weighted by Gasteiger charge is -2.11. The average molecular weight is 383 g/mol. The number of rotatable bonds is 5. The number of nitro groups is 1. The lowest BCUT2D eigenvalue weighted by Crippen LogP contribution is -2.07. The summed E-state index contributed by atoms with van der Waals surface area (Å²) in [5.41, 5.74) is 1.87. The number of nitrogens with zero attached hydrogens (tertiary/aromatic N) is 5. The highest BCUT2D eigenvalue weighted by Gasteiger charge is 2.22. The molecular weight excluding hydrogens is 366 g/mol. The Morgan fingerprint density at radius 3 is 2.89 bits per heavy atom. The van der Waals surface area contributed by atoms with Gasteiger partial charge in [-0.05, 0) is 31.9 Å². The largest absolute Gasteiger partial charge is 0.476 e. The van der Waals surface area contributed by atoms with Crippen LogP contribution in [0.15, 0.2) is 30.6 Å². The van der Waals surface area contributed by atoms with Gasteiger partial charge in [0.2, 0.25) is 0 Å². The SMILES string of the molecule is CCc1c(C)sc2ncn3nc([C@H](C)Oc4ccccc4[N+](=O)[O-])nc3c12. The molecule has 3 aromatic heterocycles. The number of hydrogen-bond donors (Lipinski definition) is 0. The van der Waals surface area contributed by atoms with Crippen molar-refractivity contribution in [3.63, 3.8) is 0 Å². The number of hydrogen-bond acceptors (Lipinski definition) is 7. The van der Waals surface area contributed by atoms with Crippen LogP contribution in [0.25, 0.3) is 15.9 Å². The molecule has 0 radical (unpaired) electrons. The van der Waals surface area contributed by atoms with E-state index >= 15 is 0 Å². The molecule has 0 fully saturated rings. The van der Waals surface area contributed by atoms with E-state index in [0.29, 0.717) is 5.82 Å². The second-order valence-corrected chi connectivity index (χ2v) is 7.34. The van der Waals surface area contributed by atoms with Gasteiger partial charge < -0.3 is 4.74 Å². The van der Waals surface area contributed by atoms with Crippen LogP contribution in [0.3, 0.4) is 0 Å². The summed E-state index contributed by atoms with van der Waals surface area (Å²) in [5, 5.41) is 16.7. The van der Waals surface area contributed by atoms with Gasteiger partial charge in [0, 0.05) is 10.9 Å². The van der Waals surface area contributed by atoms with Crippen molar-refractivity contribution in [3.8, 4) is 5.75 Å². The third kappa shape index (κ3) is 2.89.